The summed E-state index contributed by atoms with van der Waals surface area (Å²) in [6.07, 6.45) is 0. The highest BCUT2D eigenvalue weighted by atomic mass is 35.5. The molecule has 2 rings (SSSR count). The van der Waals surface area contributed by atoms with Gasteiger partial charge in [-0.1, -0.05) is 43.1 Å². The first-order valence-corrected chi connectivity index (χ1v) is 10.8. The van der Waals surface area contributed by atoms with E-state index in [1.54, 1.807) is 0 Å². The lowest BCUT2D eigenvalue weighted by Gasteiger charge is -2.23. The summed E-state index contributed by atoms with van der Waals surface area (Å²) < 4.78 is 41.3. The van der Waals surface area contributed by atoms with Gasteiger partial charge in [0, 0.05) is 28.7 Å². The van der Waals surface area contributed by atoms with Crippen molar-refractivity contribution >= 4 is 39.1 Å². The largest absolute Gasteiger partial charge is 0.355 e. The molecule has 0 heterocycles. The maximum Gasteiger partial charge on any atom is 0.243 e. The number of carbonyl (C=O) groups excluding carboxylic acids is 1. The molecule has 1 amide bonds. The molecule has 0 saturated heterocycles. The van der Waals surface area contributed by atoms with E-state index in [0.29, 0.717) is 11.6 Å². The summed E-state index contributed by atoms with van der Waals surface area (Å²) in [5.74, 6) is -0.934. The fourth-order valence-corrected chi connectivity index (χ4v) is 4.09. The molecule has 2 aromatic rings. The van der Waals surface area contributed by atoms with Gasteiger partial charge in [-0.15, -0.1) is 0 Å². The zero-order chi connectivity index (χ0) is 20.9. The van der Waals surface area contributed by atoms with Crippen LogP contribution in [0.25, 0.3) is 0 Å². The van der Waals surface area contributed by atoms with E-state index in [-0.39, 0.29) is 27.9 Å². The Morgan fingerprint density at radius 1 is 1.14 bits per heavy atom. The van der Waals surface area contributed by atoms with E-state index in [1.807, 2.05) is 13.8 Å². The lowest BCUT2D eigenvalue weighted by molar-refractivity contribution is -0.121. The number of nitrogens with zero attached hydrogens (tertiary/aromatic N) is 1. The van der Waals surface area contributed by atoms with Crippen molar-refractivity contribution in [2.75, 3.05) is 13.1 Å². The molecule has 0 aliphatic carbocycles. The minimum atomic E-state index is -4.09. The van der Waals surface area contributed by atoms with Crippen molar-refractivity contribution < 1.29 is 17.6 Å². The van der Waals surface area contributed by atoms with E-state index < -0.39 is 28.3 Å². The lowest BCUT2D eigenvalue weighted by Crippen LogP contribution is -2.41. The minimum Gasteiger partial charge on any atom is -0.355 e. The predicted octanol–water partition coefficient (Wildman–Crippen LogP) is 4.10. The lowest BCUT2D eigenvalue weighted by atomic mass is 10.2. The van der Waals surface area contributed by atoms with Gasteiger partial charge in [-0.3, -0.25) is 4.79 Å². The van der Waals surface area contributed by atoms with Crippen LogP contribution in [0, 0.1) is 11.7 Å². The number of hydrogen-bond donors (Lipinski definition) is 1. The van der Waals surface area contributed by atoms with Crippen LogP contribution < -0.4 is 5.32 Å². The number of rotatable bonds is 8. The van der Waals surface area contributed by atoms with Gasteiger partial charge in [-0.25, -0.2) is 12.8 Å². The van der Waals surface area contributed by atoms with E-state index in [1.165, 1.54) is 42.5 Å². The fourth-order valence-electron chi connectivity index (χ4n) is 2.38. The Labute approximate surface area is 174 Å². The Morgan fingerprint density at radius 2 is 1.79 bits per heavy atom. The van der Waals surface area contributed by atoms with E-state index in [9.17, 15) is 17.6 Å². The number of carbonyl (C=O) groups is 1. The molecule has 0 aromatic heterocycles. The summed E-state index contributed by atoms with van der Waals surface area (Å²) in [6, 6.07) is 9.61. The topological polar surface area (TPSA) is 66.5 Å². The first-order chi connectivity index (χ1) is 13.1. The highest BCUT2D eigenvalue weighted by Gasteiger charge is 2.28. The molecule has 0 saturated carbocycles. The molecule has 0 radical (unpaired) electrons. The first kappa shape index (κ1) is 22.6. The predicted molar refractivity (Wildman–Crippen MR) is 108 cm³/mol. The summed E-state index contributed by atoms with van der Waals surface area (Å²) in [7, 11) is -4.09. The van der Waals surface area contributed by atoms with Crippen molar-refractivity contribution in [3.05, 3.63) is 63.9 Å². The second-order valence-corrected chi connectivity index (χ2v) is 9.41. The molecule has 1 N–H and O–H groups in total. The van der Waals surface area contributed by atoms with Crippen molar-refractivity contribution in [2.45, 2.75) is 25.3 Å². The molecular formula is C19H21Cl2FN2O3S. The Kier molecular flexibility index (Phi) is 7.83. The number of hydrogen-bond acceptors (Lipinski definition) is 3. The molecule has 0 unspecified atom stereocenters. The third kappa shape index (κ3) is 5.91. The molecule has 0 bridgehead atoms. The summed E-state index contributed by atoms with van der Waals surface area (Å²) in [5.41, 5.74) is -0.00151. The van der Waals surface area contributed by atoms with Gasteiger partial charge in [0.25, 0.3) is 0 Å². The van der Waals surface area contributed by atoms with Crippen LogP contribution in [0.5, 0.6) is 0 Å². The number of halogens is 3. The highest BCUT2D eigenvalue weighted by Crippen LogP contribution is 2.25. The van der Waals surface area contributed by atoms with Crippen LogP contribution in [0.2, 0.25) is 10.0 Å². The van der Waals surface area contributed by atoms with Crippen LogP contribution in [0.15, 0.2) is 47.4 Å². The molecule has 0 aliphatic rings. The van der Waals surface area contributed by atoms with Gasteiger partial charge < -0.3 is 5.32 Å². The second-order valence-electron chi connectivity index (χ2n) is 6.63. The number of benzene rings is 2. The van der Waals surface area contributed by atoms with Gasteiger partial charge in [-0.2, -0.15) is 4.31 Å². The van der Waals surface area contributed by atoms with Gasteiger partial charge in [0.15, 0.2) is 0 Å². The van der Waals surface area contributed by atoms with Crippen molar-refractivity contribution in [2.24, 2.45) is 5.92 Å². The molecule has 0 fully saturated rings. The number of nitrogens with one attached hydrogen (secondary N) is 1. The average Bonchev–Trinajstić information content (AvgIpc) is 2.62. The van der Waals surface area contributed by atoms with E-state index in [2.05, 4.69) is 5.32 Å². The molecule has 0 spiro atoms. The normalized spacial score (nSPS) is 11.8. The van der Waals surface area contributed by atoms with Gasteiger partial charge in [0.1, 0.15) is 5.82 Å². The zero-order valence-corrected chi connectivity index (χ0v) is 17.8. The third-order valence-electron chi connectivity index (χ3n) is 3.88. The monoisotopic (exact) mass is 446 g/mol. The maximum atomic E-state index is 14.2. The standard InChI is InChI=1S/C19H21Cl2FN2O3S/c1-13(2)10-23-19(25)12-24(11-16-17(21)4-3-5-18(16)22)28(26,27)15-8-6-14(20)7-9-15/h3-9,13H,10-12H2,1-2H3,(H,23,25). The average molecular weight is 447 g/mol. The van der Waals surface area contributed by atoms with Crippen LogP contribution in [0.3, 0.4) is 0 Å². The quantitative estimate of drug-likeness (QED) is 0.663. The zero-order valence-electron chi connectivity index (χ0n) is 15.5. The van der Waals surface area contributed by atoms with Gasteiger partial charge in [0.2, 0.25) is 15.9 Å². The third-order valence-corrected chi connectivity index (χ3v) is 6.29. The SMILES string of the molecule is CC(C)CNC(=O)CN(Cc1c(F)cccc1Cl)S(=O)(=O)c1ccc(Cl)cc1. The molecule has 0 atom stereocenters. The van der Waals surface area contributed by atoms with E-state index in [4.69, 9.17) is 23.2 Å². The van der Waals surface area contributed by atoms with Crippen LogP contribution in [0.4, 0.5) is 4.39 Å². The second kappa shape index (κ2) is 9.69. The molecule has 28 heavy (non-hydrogen) atoms. The fraction of sp³-hybridized carbons (Fsp3) is 0.316. The Morgan fingerprint density at radius 3 is 2.36 bits per heavy atom. The molecular weight excluding hydrogens is 426 g/mol. The van der Waals surface area contributed by atoms with Gasteiger partial charge in [-0.05, 0) is 42.3 Å². The van der Waals surface area contributed by atoms with Crippen LogP contribution in [0.1, 0.15) is 19.4 Å². The first-order valence-electron chi connectivity index (χ1n) is 8.56. The van der Waals surface area contributed by atoms with Gasteiger partial charge in [0.05, 0.1) is 11.4 Å². The summed E-state index contributed by atoms with van der Waals surface area (Å²) in [5, 5.41) is 3.12. The van der Waals surface area contributed by atoms with E-state index >= 15 is 0 Å². The Balaban J connectivity index is 2.37. The van der Waals surface area contributed by atoms with Crippen molar-refractivity contribution in [1.82, 2.24) is 9.62 Å². The Bertz CT molecular complexity index is 914. The summed E-state index contributed by atoms with van der Waals surface area (Å²) in [6.45, 7) is 3.38. The molecule has 0 aliphatic heterocycles. The van der Waals surface area contributed by atoms with Crippen molar-refractivity contribution in [3.8, 4) is 0 Å². The highest BCUT2D eigenvalue weighted by molar-refractivity contribution is 7.89. The minimum absolute atomic E-state index is 0.00151. The Hall–Kier alpha value is -1.67. The van der Waals surface area contributed by atoms with E-state index in [0.717, 1.165) is 4.31 Å². The summed E-state index contributed by atoms with van der Waals surface area (Å²) in [4.78, 5) is 12.2. The van der Waals surface area contributed by atoms with Gasteiger partial charge >= 0.3 is 0 Å². The summed E-state index contributed by atoms with van der Waals surface area (Å²) >= 11 is 11.9. The van der Waals surface area contributed by atoms with Crippen LogP contribution >= 0.6 is 23.2 Å². The molecule has 9 heteroatoms. The molecule has 152 valence electrons. The van der Waals surface area contributed by atoms with Crippen LogP contribution in [-0.4, -0.2) is 31.7 Å². The number of amides is 1. The van der Waals surface area contributed by atoms with Crippen molar-refractivity contribution in [1.29, 1.82) is 0 Å². The number of sulfonamides is 1. The molecule has 5 nitrogen and oxygen atoms in total. The molecule has 2 aromatic carbocycles. The van der Waals surface area contributed by atoms with Crippen LogP contribution in [-0.2, 0) is 21.4 Å². The maximum absolute atomic E-state index is 14.2. The smallest absolute Gasteiger partial charge is 0.243 e. The van der Waals surface area contributed by atoms with Crippen molar-refractivity contribution in [3.63, 3.8) is 0 Å².